The van der Waals surface area contributed by atoms with E-state index in [9.17, 15) is 19.7 Å². The molecule has 0 aliphatic heterocycles. The zero-order valence-electron chi connectivity index (χ0n) is 19.9. The van der Waals surface area contributed by atoms with E-state index in [4.69, 9.17) is 0 Å². The fraction of sp³-hybridized carbons (Fsp3) is 0.321. The van der Waals surface area contributed by atoms with Crippen molar-refractivity contribution in [3.8, 4) is 11.1 Å². The van der Waals surface area contributed by atoms with E-state index < -0.39 is 4.92 Å². The number of aromatic nitrogens is 1. The van der Waals surface area contributed by atoms with E-state index in [2.05, 4.69) is 21.7 Å². The van der Waals surface area contributed by atoms with Gasteiger partial charge in [0.2, 0.25) is 5.91 Å². The second kappa shape index (κ2) is 10.3. The van der Waals surface area contributed by atoms with Crippen LogP contribution in [0.15, 0.2) is 60.8 Å². The van der Waals surface area contributed by atoms with Crippen LogP contribution in [0.4, 0.5) is 11.5 Å². The number of fused-ring (bicyclic) bond motifs is 1. The summed E-state index contributed by atoms with van der Waals surface area (Å²) in [5.41, 5.74) is 3.30. The third-order valence-electron chi connectivity index (χ3n) is 7.18. The van der Waals surface area contributed by atoms with Crippen LogP contribution in [0.25, 0.3) is 11.1 Å². The molecule has 0 bridgehead atoms. The molecule has 1 aromatic heterocycles. The number of hydrogen-bond donors (Lipinski definition) is 2. The fourth-order valence-electron chi connectivity index (χ4n) is 5.30. The quantitative estimate of drug-likeness (QED) is 0.349. The Kier molecular flexibility index (Phi) is 6.75. The zero-order chi connectivity index (χ0) is 25.1. The Hall–Kier alpha value is -4.07. The molecule has 0 radical (unpaired) electrons. The minimum absolute atomic E-state index is 0.0151. The number of carbonyl (C=O) groups excluding carboxylic acids is 2. The number of nitrogens with one attached hydrogen (secondary N) is 2. The average Bonchev–Trinajstić information content (AvgIpc) is 3.44. The number of benzene rings is 2. The number of nitro benzene ring substituents is 1. The minimum Gasteiger partial charge on any atom is -0.345 e. The molecule has 0 saturated heterocycles. The highest BCUT2D eigenvalue weighted by Crippen LogP contribution is 2.33. The SMILES string of the molecule is O=C(N[C@H]1CCCc2ccccc21)c1ccc(-c2ccnc(NC(=O)C3CCCC3)c2)c([N+](=O)[O-])c1. The maximum Gasteiger partial charge on any atom is 0.277 e. The Balaban J connectivity index is 1.37. The van der Waals surface area contributed by atoms with Crippen molar-refractivity contribution in [2.45, 2.75) is 51.0 Å². The Morgan fingerprint density at radius 1 is 0.972 bits per heavy atom. The predicted molar refractivity (Wildman–Crippen MR) is 137 cm³/mol. The summed E-state index contributed by atoms with van der Waals surface area (Å²) in [7, 11) is 0. The van der Waals surface area contributed by atoms with Crippen LogP contribution in [0.1, 0.15) is 66.1 Å². The molecule has 1 heterocycles. The van der Waals surface area contributed by atoms with Gasteiger partial charge in [-0.3, -0.25) is 19.7 Å². The topological polar surface area (TPSA) is 114 Å². The molecule has 8 heteroatoms. The van der Waals surface area contributed by atoms with E-state index in [1.807, 2.05) is 18.2 Å². The molecule has 2 aromatic carbocycles. The lowest BCUT2D eigenvalue weighted by Crippen LogP contribution is -2.31. The molecular weight excluding hydrogens is 456 g/mol. The standard InChI is InChI=1S/C28H28N4O4/c33-27(19-7-1-2-8-19)31-26-17-20(14-15-29-26)23-13-12-21(16-25(23)32(35)36)28(34)30-24-11-5-9-18-6-3-4-10-22(18)24/h3-4,6,10,12-17,19,24H,1-2,5,7-9,11H2,(H,30,34)(H,29,31,33)/t24-/m0/s1. The molecule has 2 aliphatic carbocycles. The van der Waals surface area contributed by atoms with Gasteiger partial charge >= 0.3 is 0 Å². The Bertz CT molecular complexity index is 1320. The van der Waals surface area contributed by atoms with Gasteiger partial charge in [0.15, 0.2) is 0 Å². The summed E-state index contributed by atoms with van der Waals surface area (Å²) in [5, 5.41) is 17.8. The lowest BCUT2D eigenvalue weighted by Gasteiger charge is -2.26. The summed E-state index contributed by atoms with van der Waals surface area (Å²) in [6.07, 6.45) is 8.13. The summed E-state index contributed by atoms with van der Waals surface area (Å²) < 4.78 is 0. The number of nitrogens with zero attached hydrogens (tertiary/aromatic N) is 2. The first-order chi connectivity index (χ1) is 17.5. The monoisotopic (exact) mass is 484 g/mol. The van der Waals surface area contributed by atoms with Crippen molar-refractivity contribution in [2.24, 2.45) is 5.92 Å². The predicted octanol–water partition coefficient (Wildman–Crippen LogP) is 5.59. The first-order valence-corrected chi connectivity index (χ1v) is 12.4. The number of pyridine rings is 1. The largest absolute Gasteiger partial charge is 0.345 e. The van der Waals surface area contributed by atoms with Crippen LogP contribution in [-0.2, 0) is 11.2 Å². The highest BCUT2D eigenvalue weighted by Gasteiger charge is 2.25. The number of hydrogen-bond acceptors (Lipinski definition) is 5. The highest BCUT2D eigenvalue weighted by molar-refractivity contribution is 5.97. The van der Waals surface area contributed by atoms with E-state index in [0.717, 1.165) is 50.5 Å². The first-order valence-electron chi connectivity index (χ1n) is 12.4. The second-order valence-electron chi connectivity index (χ2n) is 9.51. The molecule has 1 saturated carbocycles. The number of anilines is 1. The van der Waals surface area contributed by atoms with Crippen molar-refractivity contribution in [1.29, 1.82) is 0 Å². The smallest absolute Gasteiger partial charge is 0.277 e. The maximum atomic E-state index is 13.1. The van der Waals surface area contributed by atoms with Gasteiger partial charge in [0.05, 0.1) is 16.5 Å². The molecule has 5 rings (SSSR count). The van der Waals surface area contributed by atoms with E-state index in [0.29, 0.717) is 16.9 Å². The van der Waals surface area contributed by atoms with Gasteiger partial charge in [-0.2, -0.15) is 0 Å². The Morgan fingerprint density at radius 3 is 2.58 bits per heavy atom. The van der Waals surface area contributed by atoms with E-state index >= 15 is 0 Å². The lowest BCUT2D eigenvalue weighted by molar-refractivity contribution is -0.384. The van der Waals surface area contributed by atoms with Gasteiger partial charge in [-0.1, -0.05) is 37.1 Å². The van der Waals surface area contributed by atoms with Crippen molar-refractivity contribution in [1.82, 2.24) is 10.3 Å². The molecule has 3 aromatic rings. The van der Waals surface area contributed by atoms with Crippen molar-refractivity contribution in [3.05, 3.63) is 87.6 Å². The number of aryl methyl sites for hydroxylation is 1. The number of rotatable bonds is 6. The van der Waals surface area contributed by atoms with E-state index in [-0.39, 0.29) is 35.0 Å². The van der Waals surface area contributed by atoms with Crippen LogP contribution in [0, 0.1) is 16.0 Å². The molecule has 0 spiro atoms. The molecule has 1 atom stereocenters. The highest BCUT2D eigenvalue weighted by atomic mass is 16.6. The van der Waals surface area contributed by atoms with Crippen LogP contribution in [0.3, 0.4) is 0 Å². The number of nitro groups is 1. The van der Waals surface area contributed by atoms with Crippen LogP contribution < -0.4 is 10.6 Å². The first kappa shape index (κ1) is 23.7. The van der Waals surface area contributed by atoms with Crippen LogP contribution in [0.5, 0.6) is 0 Å². The Labute approximate surface area is 209 Å². The summed E-state index contributed by atoms with van der Waals surface area (Å²) >= 11 is 0. The van der Waals surface area contributed by atoms with Gasteiger partial charge in [0.25, 0.3) is 11.6 Å². The molecule has 8 nitrogen and oxygen atoms in total. The molecule has 2 amide bonds. The summed E-state index contributed by atoms with van der Waals surface area (Å²) in [5.74, 6) is -0.0660. The zero-order valence-corrected chi connectivity index (χ0v) is 19.9. The summed E-state index contributed by atoms with van der Waals surface area (Å²) in [6.45, 7) is 0. The van der Waals surface area contributed by atoms with Gasteiger partial charge in [0, 0.05) is 23.7 Å². The molecule has 0 unspecified atom stereocenters. The molecular formula is C28H28N4O4. The van der Waals surface area contributed by atoms with Crippen molar-refractivity contribution >= 4 is 23.3 Å². The third kappa shape index (κ3) is 4.98. The molecule has 2 aliphatic rings. The van der Waals surface area contributed by atoms with Crippen molar-refractivity contribution < 1.29 is 14.5 Å². The summed E-state index contributed by atoms with van der Waals surface area (Å²) in [4.78, 5) is 41.2. The molecule has 184 valence electrons. The lowest BCUT2D eigenvalue weighted by atomic mass is 9.87. The Morgan fingerprint density at radius 2 is 1.78 bits per heavy atom. The fourth-order valence-corrected chi connectivity index (χ4v) is 5.30. The van der Waals surface area contributed by atoms with Crippen LogP contribution in [0.2, 0.25) is 0 Å². The number of amides is 2. The van der Waals surface area contributed by atoms with Crippen LogP contribution in [-0.4, -0.2) is 21.7 Å². The minimum atomic E-state index is -0.487. The van der Waals surface area contributed by atoms with Gasteiger partial charge in [-0.15, -0.1) is 0 Å². The summed E-state index contributed by atoms with van der Waals surface area (Å²) in [6, 6.07) is 15.7. The van der Waals surface area contributed by atoms with E-state index in [1.165, 1.54) is 17.8 Å². The van der Waals surface area contributed by atoms with Gasteiger partial charge in [-0.25, -0.2) is 4.98 Å². The van der Waals surface area contributed by atoms with E-state index in [1.54, 1.807) is 24.3 Å². The van der Waals surface area contributed by atoms with Gasteiger partial charge in [0.1, 0.15) is 5.82 Å². The van der Waals surface area contributed by atoms with Crippen LogP contribution >= 0.6 is 0 Å². The normalized spacial score (nSPS) is 17.3. The average molecular weight is 485 g/mol. The molecule has 1 fully saturated rings. The maximum absolute atomic E-state index is 13.1. The molecule has 36 heavy (non-hydrogen) atoms. The van der Waals surface area contributed by atoms with Crippen molar-refractivity contribution in [3.63, 3.8) is 0 Å². The van der Waals surface area contributed by atoms with Gasteiger partial charge in [-0.05, 0) is 73.1 Å². The number of carbonyl (C=O) groups is 2. The third-order valence-corrected chi connectivity index (χ3v) is 7.18. The van der Waals surface area contributed by atoms with Gasteiger partial charge < -0.3 is 10.6 Å². The second-order valence-corrected chi connectivity index (χ2v) is 9.51. The van der Waals surface area contributed by atoms with Crippen molar-refractivity contribution in [2.75, 3.05) is 5.32 Å². The molecule has 2 N–H and O–H groups in total.